The van der Waals surface area contributed by atoms with Crippen LogP contribution in [0.1, 0.15) is 29.7 Å². The monoisotopic (exact) mass is 313 g/mol. The molecular formula is C19H23NO3. The van der Waals surface area contributed by atoms with Crippen LogP contribution >= 0.6 is 0 Å². The van der Waals surface area contributed by atoms with Gasteiger partial charge < -0.3 is 14.8 Å². The van der Waals surface area contributed by atoms with E-state index < -0.39 is 0 Å². The fourth-order valence-electron chi connectivity index (χ4n) is 2.41. The first-order valence-corrected chi connectivity index (χ1v) is 7.63. The van der Waals surface area contributed by atoms with Crippen molar-refractivity contribution in [2.45, 2.75) is 26.8 Å². The van der Waals surface area contributed by atoms with Crippen LogP contribution < -0.4 is 14.8 Å². The van der Waals surface area contributed by atoms with Crippen LogP contribution in [0.25, 0.3) is 0 Å². The summed E-state index contributed by atoms with van der Waals surface area (Å²) in [4.78, 5) is 12.1. The molecule has 122 valence electrons. The molecule has 1 atom stereocenters. The van der Waals surface area contributed by atoms with Crippen LogP contribution in [0.2, 0.25) is 0 Å². The highest BCUT2D eigenvalue weighted by molar-refractivity contribution is 5.78. The number of benzene rings is 2. The lowest BCUT2D eigenvalue weighted by Crippen LogP contribution is -2.31. The lowest BCUT2D eigenvalue weighted by molar-refractivity contribution is -0.123. The Labute approximate surface area is 137 Å². The number of carbonyl (C=O) groups excluding carboxylic acids is 1. The lowest BCUT2D eigenvalue weighted by atomic mass is 10.00. The van der Waals surface area contributed by atoms with Gasteiger partial charge in [-0.15, -0.1) is 0 Å². The summed E-state index contributed by atoms with van der Waals surface area (Å²) in [6.45, 7) is 6.06. The summed E-state index contributed by atoms with van der Waals surface area (Å²) in [6.07, 6.45) is 0. The third-order valence-electron chi connectivity index (χ3n) is 3.71. The molecule has 0 aliphatic carbocycles. The van der Waals surface area contributed by atoms with E-state index in [1.807, 2.05) is 20.8 Å². The van der Waals surface area contributed by atoms with E-state index in [2.05, 4.69) is 23.5 Å². The molecule has 1 unspecified atom stereocenters. The number of carbonyl (C=O) groups is 1. The van der Waals surface area contributed by atoms with E-state index in [9.17, 15) is 4.79 Å². The number of nitrogens with one attached hydrogen (secondary N) is 1. The van der Waals surface area contributed by atoms with Gasteiger partial charge in [-0.1, -0.05) is 23.8 Å². The van der Waals surface area contributed by atoms with Crippen molar-refractivity contribution < 1.29 is 14.3 Å². The smallest absolute Gasteiger partial charge is 0.258 e. The molecule has 0 saturated carbocycles. The van der Waals surface area contributed by atoms with E-state index >= 15 is 0 Å². The van der Waals surface area contributed by atoms with Crippen molar-refractivity contribution in [3.8, 4) is 11.5 Å². The first kappa shape index (κ1) is 16.9. The number of rotatable bonds is 6. The van der Waals surface area contributed by atoms with Gasteiger partial charge in [-0.2, -0.15) is 0 Å². The van der Waals surface area contributed by atoms with Gasteiger partial charge in [-0.05, 0) is 56.2 Å². The van der Waals surface area contributed by atoms with Gasteiger partial charge in [0.15, 0.2) is 6.61 Å². The molecule has 0 aromatic heterocycles. The van der Waals surface area contributed by atoms with Crippen molar-refractivity contribution in [2.24, 2.45) is 0 Å². The molecule has 0 spiro atoms. The molecule has 0 fully saturated rings. The standard InChI is InChI=1S/C19H23NO3/c1-13-5-6-14(2)18(11-13)15(3)20-19(21)12-23-17-9-7-16(22-4)8-10-17/h5-11,15H,12H2,1-4H3,(H,20,21). The molecule has 1 amide bonds. The van der Waals surface area contributed by atoms with Crippen LogP contribution in [0.5, 0.6) is 11.5 Å². The Morgan fingerprint density at radius 3 is 2.39 bits per heavy atom. The third-order valence-corrected chi connectivity index (χ3v) is 3.71. The Morgan fingerprint density at radius 2 is 1.74 bits per heavy atom. The van der Waals surface area contributed by atoms with E-state index in [0.717, 1.165) is 11.3 Å². The van der Waals surface area contributed by atoms with E-state index in [0.29, 0.717) is 5.75 Å². The zero-order chi connectivity index (χ0) is 16.8. The van der Waals surface area contributed by atoms with E-state index in [1.165, 1.54) is 11.1 Å². The summed E-state index contributed by atoms with van der Waals surface area (Å²) in [5.74, 6) is 1.25. The molecular weight excluding hydrogens is 290 g/mol. The minimum atomic E-state index is -0.144. The van der Waals surface area contributed by atoms with Crippen molar-refractivity contribution in [2.75, 3.05) is 13.7 Å². The highest BCUT2D eigenvalue weighted by Gasteiger charge is 2.12. The van der Waals surface area contributed by atoms with E-state index in [1.54, 1.807) is 31.4 Å². The normalized spacial score (nSPS) is 11.7. The molecule has 1 N–H and O–H groups in total. The number of methoxy groups -OCH3 is 1. The number of hydrogen-bond donors (Lipinski definition) is 1. The third kappa shape index (κ3) is 4.74. The van der Waals surface area contributed by atoms with Crippen molar-refractivity contribution in [3.63, 3.8) is 0 Å². The largest absolute Gasteiger partial charge is 0.497 e. The maximum Gasteiger partial charge on any atom is 0.258 e. The van der Waals surface area contributed by atoms with Crippen LogP contribution in [0.15, 0.2) is 42.5 Å². The van der Waals surface area contributed by atoms with Gasteiger partial charge in [-0.3, -0.25) is 4.79 Å². The predicted molar refractivity (Wildman–Crippen MR) is 91.0 cm³/mol. The molecule has 0 aliphatic rings. The average Bonchev–Trinajstić information content (AvgIpc) is 2.55. The Kier molecular flexibility index (Phi) is 5.63. The summed E-state index contributed by atoms with van der Waals surface area (Å²) < 4.78 is 10.6. The van der Waals surface area contributed by atoms with Crippen LogP contribution in [-0.4, -0.2) is 19.6 Å². The van der Waals surface area contributed by atoms with Gasteiger partial charge in [0.2, 0.25) is 0 Å². The number of ether oxygens (including phenoxy) is 2. The summed E-state index contributed by atoms with van der Waals surface area (Å²) >= 11 is 0. The second kappa shape index (κ2) is 7.68. The van der Waals surface area contributed by atoms with Crippen molar-refractivity contribution in [3.05, 3.63) is 59.2 Å². The summed E-state index contributed by atoms with van der Waals surface area (Å²) in [5, 5.41) is 2.97. The fraction of sp³-hybridized carbons (Fsp3) is 0.316. The molecule has 2 aromatic rings. The van der Waals surface area contributed by atoms with Gasteiger partial charge in [-0.25, -0.2) is 0 Å². The number of hydrogen-bond acceptors (Lipinski definition) is 3. The highest BCUT2D eigenvalue weighted by atomic mass is 16.5. The summed E-state index contributed by atoms with van der Waals surface area (Å²) in [5.41, 5.74) is 3.48. The molecule has 0 bridgehead atoms. The molecule has 23 heavy (non-hydrogen) atoms. The zero-order valence-corrected chi connectivity index (χ0v) is 14.1. The minimum Gasteiger partial charge on any atom is -0.497 e. The highest BCUT2D eigenvalue weighted by Crippen LogP contribution is 2.19. The maximum absolute atomic E-state index is 12.1. The number of amides is 1. The molecule has 2 aromatic carbocycles. The van der Waals surface area contributed by atoms with Gasteiger partial charge in [0.25, 0.3) is 5.91 Å². The van der Waals surface area contributed by atoms with E-state index in [-0.39, 0.29) is 18.6 Å². The van der Waals surface area contributed by atoms with Crippen LogP contribution in [-0.2, 0) is 4.79 Å². The molecule has 4 nitrogen and oxygen atoms in total. The minimum absolute atomic E-state index is 0.0124. The molecule has 0 heterocycles. The topological polar surface area (TPSA) is 47.6 Å². The lowest BCUT2D eigenvalue weighted by Gasteiger charge is -2.17. The van der Waals surface area contributed by atoms with Gasteiger partial charge in [0.05, 0.1) is 13.2 Å². The fourth-order valence-corrected chi connectivity index (χ4v) is 2.41. The molecule has 2 rings (SSSR count). The van der Waals surface area contributed by atoms with Crippen molar-refractivity contribution in [1.82, 2.24) is 5.32 Å². The Bertz CT molecular complexity index is 665. The predicted octanol–water partition coefficient (Wildman–Crippen LogP) is 3.57. The summed E-state index contributed by atoms with van der Waals surface area (Å²) in [7, 11) is 1.61. The Balaban J connectivity index is 1.89. The quantitative estimate of drug-likeness (QED) is 0.887. The summed E-state index contributed by atoms with van der Waals surface area (Å²) in [6, 6.07) is 13.3. The average molecular weight is 313 g/mol. The molecule has 0 aliphatic heterocycles. The first-order chi connectivity index (χ1) is 11.0. The molecule has 0 radical (unpaired) electrons. The second-order valence-corrected chi connectivity index (χ2v) is 5.61. The molecule has 4 heteroatoms. The van der Waals surface area contributed by atoms with E-state index in [4.69, 9.17) is 9.47 Å². The van der Waals surface area contributed by atoms with Crippen molar-refractivity contribution >= 4 is 5.91 Å². The SMILES string of the molecule is COc1ccc(OCC(=O)NC(C)c2cc(C)ccc2C)cc1. The Hall–Kier alpha value is -2.49. The molecule has 0 saturated heterocycles. The van der Waals surface area contributed by atoms with Crippen molar-refractivity contribution in [1.29, 1.82) is 0 Å². The zero-order valence-electron chi connectivity index (χ0n) is 14.1. The first-order valence-electron chi connectivity index (χ1n) is 7.63. The maximum atomic E-state index is 12.1. The second-order valence-electron chi connectivity index (χ2n) is 5.61. The Morgan fingerprint density at radius 1 is 1.09 bits per heavy atom. The van der Waals surface area contributed by atoms with Crippen LogP contribution in [0.3, 0.4) is 0 Å². The van der Waals surface area contributed by atoms with Gasteiger partial charge in [0.1, 0.15) is 11.5 Å². The van der Waals surface area contributed by atoms with Gasteiger partial charge >= 0.3 is 0 Å². The number of aryl methyl sites for hydroxylation is 2. The van der Waals surface area contributed by atoms with Gasteiger partial charge in [0, 0.05) is 0 Å². The van der Waals surface area contributed by atoms with Crippen LogP contribution in [0, 0.1) is 13.8 Å². The van der Waals surface area contributed by atoms with Crippen LogP contribution in [0.4, 0.5) is 0 Å².